The molecule has 4 rings (SSSR count). The quantitative estimate of drug-likeness (QED) is 0.677. The predicted molar refractivity (Wildman–Crippen MR) is 101 cm³/mol. The van der Waals surface area contributed by atoms with E-state index in [9.17, 15) is 8.42 Å². The summed E-state index contributed by atoms with van der Waals surface area (Å²) in [7, 11) is -3.49. The maximum absolute atomic E-state index is 12.5. The molecule has 26 heavy (non-hydrogen) atoms. The van der Waals surface area contributed by atoms with E-state index in [0.717, 1.165) is 37.9 Å². The van der Waals surface area contributed by atoms with Crippen LogP contribution in [0.5, 0.6) is 0 Å². The van der Waals surface area contributed by atoms with Crippen LogP contribution in [0.3, 0.4) is 0 Å². The third kappa shape index (κ3) is 3.67. The molecule has 6 heteroatoms. The molecule has 5 nitrogen and oxygen atoms in total. The lowest BCUT2D eigenvalue weighted by Crippen LogP contribution is -2.33. The van der Waals surface area contributed by atoms with Crippen LogP contribution in [0.2, 0.25) is 0 Å². The summed E-state index contributed by atoms with van der Waals surface area (Å²) < 4.78 is 32.9. The highest BCUT2D eigenvalue weighted by Gasteiger charge is 2.17. The van der Waals surface area contributed by atoms with E-state index in [4.69, 9.17) is 4.42 Å². The van der Waals surface area contributed by atoms with Crippen LogP contribution in [0.15, 0.2) is 64.1 Å². The molecule has 0 saturated carbocycles. The Bertz CT molecular complexity index is 1010. The molecule has 0 amide bonds. The molecular formula is C20H22N2O3S. The zero-order valence-electron chi connectivity index (χ0n) is 14.5. The molecule has 0 spiro atoms. The van der Waals surface area contributed by atoms with Crippen molar-refractivity contribution in [2.45, 2.75) is 24.3 Å². The summed E-state index contributed by atoms with van der Waals surface area (Å²) in [5.41, 5.74) is 3.50. The van der Waals surface area contributed by atoms with Gasteiger partial charge >= 0.3 is 0 Å². The molecule has 0 atom stereocenters. The third-order valence-electron chi connectivity index (χ3n) is 4.89. The molecule has 136 valence electrons. The van der Waals surface area contributed by atoms with E-state index in [-0.39, 0.29) is 4.90 Å². The zero-order chi connectivity index (χ0) is 18.0. The van der Waals surface area contributed by atoms with E-state index in [1.165, 1.54) is 11.1 Å². The van der Waals surface area contributed by atoms with Gasteiger partial charge in [0, 0.05) is 25.0 Å². The van der Waals surface area contributed by atoms with Gasteiger partial charge in [0.05, 0.1) is 11.2 Å². The Kier molecular flexibility index (Phi) is 4.80. The summed E-state index contributed by atoms with van der Waals surface area (Å²) in [5.74, 6) is 0. The van der Waals surface area contributed by atoms with Gasteiger partial charge in [-0.1, -0.05) is 24.3 Å². The van der Waals surface area contributed by atoms with Gasteiger partial charge in [0.1, 0.15) is 5.58 Å². The molecule has 0 saturated heterocycles. The maximum Gasteiger partial charge on any atom is 0.240 e. The van der Waals surface area contributed by atoms with E-state index in [1.54, 1.807) is 30.5 Å². The minimum absolute atomic E-state index is 0.276. The summed E-state index contributed by atoms with van der Waals surface area (Å²) in [6, 6.07) is 15.2. The van der Waals surface area contributed by atoms with E-state index in [1.807, 2.05) is 0 Å². The first-order valence-electron chi connectivity index (χ1n) is 8.88. The first-order valence-corrected chi connectivity index (χ1v) is 10.4. The van der Waals surface area contributed by atoms with E-state index < -0.39 is 10.0 Å². The largest absolute Gasteiger partial charge is 0.464 e. The topological polar surface area (TPSA) is 62.6 Å². The number of hydrogen-bond acceptors (Lipinski definition) is 4. The van der Waals surface area contributed by atoms with Crippen LogP contribution in [0.1, 0.15) is 17.5 Å². The molecule has 1 N–H and O–H groups in total. The Hall–Kier alpha value is -2.15. The van der Waals surface area contributed by atoms with Crippen LogP contribution < -0.4 is 4.72 Å². The standard InChI is InChI=1S/C20H22N2O3S/c23-26(24,19-6-7-20-17(14-19)9-13-25-20)21-10-3-11-22-12-8-16-4-1-2-5-18(16)15-22/h1-2,4-7,9,13-14,21H,3,8,10-12,15H2. The fourth-order valence-electron chi connectivity index (χ4n) is 3.45. The lowest BCUT2D eigenvalue weighted by Gasteiger charge is -2.28. The number of fused-ring (bicyclic) bond motifs is 2. The number of furan rings is 1. The lowest BCUT2D eigenvalue weighted by molar-refractivity contribution is 0.251. The van der Waals surface area contributed by atoms with E-state index in [2.05, 4.69) is 33.9 Å². The van der Waals surface area contributed by atoms with Crippen molar-refractivity contribution in [3.8, 4) is 0 Å². The summed E-state index contributed by atoms with van der Waals surface area (Å²) in [5, 5.41) is 0.792. The van der Waals surface area contributed by atoms with Gasteiger partial charge in [-0.05, 0) is 54.8 Å². The number of sulfonamides is 1. The number of hydrogen-bond donors (Lipinski definition) is 1. The lowest BCUT2D eigenvalue weighted by atomic mass is 10.00. The maximum atomic E-state index is 12.5. The molecule has 0 radical (unpaired) electrons. The fraction of sp³-hybridized carbons (Fsp3) is 0.300. The third-order valence-corrected chi connectivity index (χ3v) is 6.35. The molecule has 0 bridgehead atoms. The zero-order valence-corrected chi connectivity index (χ0v) is 15.3. The summed E-state index contributed by atoms with van der Waals surface area (Å²) >= 11 is 0. The van der Waals surface area contributed by atoms with Gasteiger partial charge in [0.15, 0.2) is 0 Å². The average Bonchev–Trinajstić information content (AvgIpc) is 3.13. The molecule has 0 fully saturated rings. The molecular weight excluding hydrogens is 348 g/mol. The minimum Gasteiger partial charge on any atom is -0.464 e. The molecule has 1 aliphatic heterocycles. The van der Waals surface area contributed by atoms with Gasteiger partial charge in [0.2, 0.25) is 10.0 Å². The summed E-state index contributed by atoms with van der Waals surface area (Å²) in [6.07, 6.45) is 3.41. The number of nitrogens with one attached hydrogen (secondary N) is 1. The van der Waals surface area contributed by atoms with Crippen LogP contribution in [-0.4, -0.2) is 33.0 Å². The average molecular weight is 370 g/mol. The van der Waals surface area contributed by atoms with Gasteiger partial charge in [-0.2, -0.15) is 0 Å². The molecule has 3 aromatic rings. The summed E-state index contributed by atoms with van der Waals surface area (Å²) in [6.45, 7) is 3.29. The molecule has 2 aromatic carbocycles. The Morgan fingerprint density at radius 1 is 1.08 bits per heavy atom. The highest BCUT2D eigenvalue weighted by molar-refractivity contribution is 7.89. The van der Waals surface area contributed by atoms with Crippen molar-refractivity contribution in [2.75, 3.05) is 19.6 Å². The van der Waals surface area contributed by atoms with Crippen molar-refractivity contribution in [1.82, 2.24) is 9.62 Å². The normalized spacial score (nSPS) is 15.2. The van der Waals surface area contributed by atoms with Crippen molar-refractivity contribution < 1.29 is 12.8 Å². The Balaban J connectivity index is 1.30. The predicted octanol–water partition coefficient (Wildman–Crippen LogP) is 3.16. The van der Waals surface area contributed by atoms with Crippen LogP contribution in [0.4, 0.5) is 0 Å². The van der Waals surface area contributed by atoms with Crippen molar-refractivity contribution >= 4 is 21.0 Å². The Morgan fingerprint density at radius 3 is 2.81 bits per heavy atom. The SMILES string of the molecule is O=S(=O)(NCCCN1CCc2ccccc2C1)c1ccc2occc2c1. The van der Waals surface area contributed by atoms with Crippen molar-refractivity contribution in [3.63, 3.8) is 0 Å². The van der Waals surface area contributed by atoms with Gasteiger partial charge in [0.25, 0.3) is 0 Å². The van der Waals surface area contributed by atoms with Crippen molar-refractivity contribution in [1.29, 1.82) is 0 Å². The van der Waals surface area contributed by atoms with Gasteiger partial charge < -0.3 is 4.42 Å². The highest BCUT2D eigenvalue weighted by atomic mass is 32.2. The van der Waals surface area contributed by atoms with Crippen LogP contribution in [0.25, 0.3) is 11.0 Å². The smallest absolute Gasteiger partial charge is 0.240 e. The molecule has 2 heterocycles. The molecule has 0 unspecified atom stereocenters. The van der Waals surface area contributed by atoms with Crippen LogP contribution in [0, 0.1) is 0 Å². The molecule has 1 aromatic heterocycles. The van der Waals surface area contributed by atoms with Crippen molar-refractivity contribution in [3.05, 3.63) is 65.9 Å². The molecule has 1 aliphatic rings. The fourth-order valence-corrected chi connectivity index (χ4v) is 4.56. The summed E-state index contributed by atoms with van der Waals surface area (Å²) in [4.78, 5) is 2.66. The van der Waals surface area contributed by atoms with Crippen molar-refractivity contribution in [2.24, 2.45) is 0 Å². The number of benzene rings is 2. The van der Waals surface area contributed by atoms with E-state index in [0.29, 0.717) is 12.1 Å². The second kappa shape index (κ2) is 7.23. The van der Waals surface area contributed by atoms with Gasteiger partial charge in [-0.3, -0.25) is 4.90 Å². The molecule has 0 aliphatic carbocycles. The highest BCUT2D eigenvalue weighted by Crippen LogP contribution is 2.20. The Labute approximate surface area is 153 Å². The second-order valence-corrected chi connectivity index (χ2v) is 8.43. The van der Waals surface area contributed by atoms with Gasteiger partial charge in [-0.15, -0.1) is 0 Å². The van der Waals surface area contributed by atoms with E-state index >= 15 is 0 Å². The Morgan fingerprint density at radius 2 is 1.92 bits per heavy atom. The van der Waals surface area contributed by atoms with Crippen LogP contribution in [-0.2, 0) is 23.0 Å². The second-order valence-electron chi connectivity index (χ2n) is 6.67. The number of nitrogens with zero attached hydrogens (tertiary/aromatic N) is 1. The monoisotopic (exact) mass is 370 g/mol. The minimum atomic E-state index is -3.49. The van der Waals surface area contributed by atoms with Gasteiger partial charge in [-0.25, -0.2) is 13.1 Å². The van der Waals surface area contributed by atoms with Crippen LogP contribution >= 0.6 is 0 Å². The number of rotatable bonds is 6. The first-order chi connectivity index (χ1) is 12.6. The first kappa shape index (κ1) is 17.3.